The van der Waals surface area contributed by atoms with Crippen molar-refractivity contribution in [3.63, 3.8) is 0 Å². The maximum Gasteiger partial charge on any atom is 0.329 e. The molecular formula is C24H20Cl2N4O5. The van der Waals surface area contributed by atoms with E-state index in [1.165, 1.54) is 19.4 Å². The van der Waals surface area contributed by atoms with Crippen LogP contribution in [0.5, 0.6) is 11.5 Å². The molecule has 0 saturated heterocycles. The van der Waals surface area contributed by atoms with E-state index in [4.69, 9.17) is 32.7 Å². The summed E-state index contributed by atoms with van der Waals surface area (Å²) in [6, 6.07) is 17.9. The molecule has 0 bridgehead atoms. The van der Waals surface area contributed by atoms with Crippen LogP contribution < -0.4 is 25.5 Å². The lowest BCUT2D eigenvalue weighted by Crippen LogP contribution is -2.32. The van der Waals surface area contributed by atoms with Crippen LogP contribution in [0.15, 0.2) is 71.8 Å². The van der Waals surface area contributed by atoms with Crippen molar-refractivity contribution in [1.82, 2.24) is 5.43 Å². The maximum absolute atomic E-state index is 12.2. The molecule has 3 rings (SSSR count). The minimum Gasteiger partial charge on any atom is -0.497 e. The van der Waals surface area contributed by atoms with Crippen molar-refractivity contribution >= 4 is 58.5 Å². The van der Waals surface area contributed by atoms with Gasteiger partial charge in [0, 0.05) is 16.3 Å². The quantitative estimate of drug-likeness (QED) is 0.237. The van der Waals surface area contributed by atoms with E-state index in [9.17, 15) is 14.4 Å². The van der Waals surface area contributed by atoms with Crippen molar-refractivity contribution in [3.05, 3.63) is 82.3 Å². The minimum absolute atomic E-state index is 0.296. The number of benzene rings is 3. The van der Waals surface area contributed by atoms with Crippen molar-refractivity contribution in [2.24, 2.45) is 5.10 Å². The predicted octanol–water partition coefficient (Wildman–Crippen LogP) is 4.11. The average Bonchev–Trinajstić information content (AvgIpc) is 2.85. The van der Waals surface area contributed by atoms with Gasteiger partial charge in [0.05, 0.1) is 24.0 Å². The van der Waals surface area contributed by atoms with Gasteiger partial charge in [0.2, 0.25) is 0 Å². The number of halogens is 2. The molecule has 3 aromatic carbocycles. The SMILES string of the molecule is COc1ccc(NC(=O)C(=O)N/N=C\c2ccccc2OCC(=O)Nc2ccc(Cl)cc2Cl)cc1. The summed E-state index contributed by atoms with van der Waals surface area (Å²) in [7, 11) is 1.52. The highest BCUT2D eigenvalue weighted by Crippen LogP contribution is 2.25. The van der Waals surface area contributed by atoms with Crippen LogP contribution in [0, 0.1) is 0 Å². The molecule has 0 unspecified atom stereocenters. The lowest BCUT2D eigenvalue weighted by atomic mass is 10.2. The second-order valence-electron chi connectivity index (χ2n) is 6.88. The van der Waals surface area contributed by atoms with E-state index in [0.29, 0.717) is 38.5 Å². The van der Waals surface area contributed by atoms with Crippen molar-refractivity contribution in [3.8, 4) is 11.5 Å². The van der Waals surface area contributed by atoms with Crippen LogP contribution in [0.3, 0.4) is 0 Å². The third kappa shape index (κ3) is 7.73. The molecule has 0 aliphatic rings. The summed E-state index contributed by atoms with van der Waals surface area (Å²) < 4.78 is 10.6. The highest BCUT2D eigenvalue weighted by atomic mass is 35.5. The summed E-state index contributed by atoms with van der Waals surface area (Å²) in [6.45, 7) is -0.305. The number of hydrazone groups is 1. The van der Waals surface area contributed by atoms with E-state index < -0.39 is 17.7 Å². The zero-order chi connectivity index (χ0) is 25.2. The fraction of sp³-hybridized carbons (Fsp3) is 0.0833. The van der Waals surface area contributed by atoms with Gasteiger partial charge in [-0.3, -0.25) is 14.4 Å². The normalized spacial score (nSPS) is 10.5. The van der Waals surface area contributed by atoms with E-state index in [0.717, 1.165) is 0 Å². The molecule has 0 aliphatic carbocycles. The molecule has 3 N–H and O–H groups in total. The van der Waals surface area contributed by atoms with Gasteiger partial charge in [-0.2, -0.15) is 5.10 Å². The molecule has 0 radical (unpaired) electrons. The van der Waals surface area contributed by atoms with Crippen molar-refractivity contribution < 1.29 is 23.9 Å². The Hall–Kier alpha value is -4.08. The molecule has 0 spiro atoms. The topological polar surface area (TPSA) is 118 Å². The number of hydrogen-bond acceptors (Lipinski definition) is 6. The van der Waals surface area contributed by atoms with Gasteiger partial charge in [0.1, 0.15) is 11.5 Å². The molecule has 180 valence electrons. The van der Waals surface area contributed by atoms with E-state index >= 15 is 0 Å². The van der Waals surface area contributed by atoms with Crippen molar-refractivity contribution in [1.29, 1.82) is 0 Å². The van der Waals surface area contributed by atoms with Gasteiger partial charge in [-0.25, -0.2) is 5.43 Å². The van der Waals surface area contributed by atoms with Crippen LogP contribution in [0.1, 0.15) is 5.56 Å². The largest absolute Gasteiger partial charge is 0.497 e. The Labute approximate surface area is 211 Å². The van der Waals surface area contributed by atoms with Gasteiger partial charge in [0.15, 0.2) is 6.61 Å². The van der Waals surface area contributed by atoms with Crippen LogP contribution >= 0.6 is 23.2 Å². The number of para-hydroxylation sites is 1. The lowest BCUT2D eigenvalue weighted by molar-refractivity contribution is -0.136. The standard InChI is InChI=1S/C24H20Cl2N4O5/c1-34-18-9-7-17(8-10-18)28-23(32)24(33)30-27-13-15-4-2-3-5-21(15)35-14-22(31)29-20-11-6-16(25)12-19(20)26/h2-13H,14H2,1H3,(H,28,32)(H,29,31)(H,30,33)/b27-13-. The summed E-state index contributed by atoms with van der Waals surface area (Å²) in [5, 5.41) is 9.61. The predicted molar refractivity (Wildman–Crippen MR) is 134 cm³/mol. The fourth-order valence-corrected chi connectivity index (χ4v) is 3.17. The van der Waals surface area contributed by atoms with Gasteiger partial charge in [0.25, 0.3) is 5.91 Å². The van der Waals surface area contributed by atoms with E-state index in [1.807, 2.05) is 0 Å². The van der Waals surface area contributed by atoms with Crippen LogP contribution in [-0.4, -0.2) is 37.7 Å². The van der Waals surface area contributed by atoms with Gasteiger partial charge in [-0.15, -0.1) is 0 Å². The Bertz CT molecular complexity index is 1250. The number of carbonyl (C=O) groups is 3. The Morgan fingerprint density at radius 2 is 1.69 bits per heavy atom. The first kappa shape index (κ1) is 25.5. The molecule has 9 nitrogen and oxygen atoms in total. The molecule has 0 aliphatic heterocycles. The molecule has 0 heterocycles. The first-order chi connectivity index (χ1) is 16.9. The van der Waals surface area contributed by atoms with Crippen molar-refractivity contribution in [2.75, 3.05) is 24.4 Å². The minimum atomic E-state index is -0.963. The second-order valence-corrected chi connectivity index (χ2v) is 7.72. The number of amides is 3. The molecule has 35 heavy (non-hydrogen) atoms. The number of nitrogens with zero attached hydrogens (tertiary/aromatic N) is 1. The van der Waals surface area contributed by atoms with Gasteiger partial charge >= 0.3 is 11.8 Å². The molecule has 0 saturated carbocycles. The summed E-state index contributed by atoms with van der Waals surface area (Å²) in [5.41, 5.74) is 3.44. The third-order valence-corrected chi connectivity index (χ3v) is 4.95. The number of nitrogens with one attached hydrogen (secondary N) is 3. The summed E-state index contributed by atoms with van der Waals surface area (Å²) in [4.78, 5) is 36.3. The zero-order valence-electron chi connectivity index (χ0n) is 18.4. The number of methoxy groups -OCH3 is 1. The Morgan fingerprint density at radius 1 is 0.943 bits per heavy atom. The number of hydrogen-bond donors (Lipinski definition) is 3. The molecule has 0 aromatic heterocycles. The molecule has 3 aromatic rings. The van der Waals surface area contributed by atoms with Crippen LogP contribution in [0.25, 0.3) is 0 Å². The van der Waals surface area contributed by atoms with Gasteiger partial charge in [-0.05, 0) is 54.6 Å². The molecule has 0 fully saturated rings. The Kier molecular flexibility index (Phi) is 9.05. The average molecular weight is 515 g/mol. The van der Waals surface area contributed by atoms with Crippen LogP contribution in [0.2, 0.25) is 10.0 Å². The second kappa shape index (κ2) is 12.4. The summed E-state index contributed by atoms with van der Waals surface area (Å²) in [6.07, 6.45) is 1.29. The Morgan fingerprint density at radius 3 is 2.40 bits per heavy atom. The van der Waals surface area contributed by atoms with Gasteiger partial charge in [-0.1, -0.05) is 35.3 Å². The molecule has 3 amide bonds. The first-order valence-electron chi connectivity index (χ1n) is 10.1. The Balaban J connectivity index is 1.53. The van der Waals surface area contributed by atoms with E-state index in [2.05, 4.69) is 21.2 Å². The van der Waals surface area contributed by atoms with Crippen LogP contribution in [0.4, 0.5) is 11.4 Å². The van der Waals surface area contributed by atoms with E-state index in [1.54, 1.807) is 60.7 Å². The monoisotopic (exact) mass is 514 g/mol. The highest BCUT2D eigenvalue weighted by Gasteiger charge is 2.13. The molecular weight excluding hydrogens is 495 g/mol. The number of anilines is 2. The third-order valence-electron chi connectivity index (χ3n) is 4.41. The van der Waals surface area contributed by atoms with Gasteiger partial charge < -0.3 is 20.1 Å². The number of ether oxygens (including phenoxy) is 2. The van der Waals surface area contributed by atoms with Crippen LogP contribution in [-0.2, 0) is 14.4 Å². The summed E-state index contributed by atoms with van der Waals surface area (Å²) >= 11 is 11.9. The molecule has 0 atom stereocenters. The van der Waals surface area contributed by atoms with Crippen molar-refractivity contribution in [2.45, 2.75) is 0 Å². The number of carbonyl (C=O) groups excluding carboxylic acids is 3. The summed E-state index contributed by atoms with van der Waals surface area (Å²) in [5.74, 6) is -1.34. The highest BCUT2D eigenvalue weighted by molar-refractivity contribution is 6.39. The zero-order valence-corrected chi connectivity index (χ0v) is 19.9. The van der Waals surface area contributed by atoms with E-state index in [-0.39, 0.29) is 6.61 Å². The molecule has 11 heteroatoms. The maximum atomic E-state index is 12.2. The first-order valence-corrected chi connectivity index (χ1v) is 10.9. The smallest absolute Gasteiger partial charge is 0.329 e. The lowest BCUT2D eigenvalue weighted by Gasteiger charge is -2.10. The fourth-order valence-electron chi connectivity index (χ4n) is 2.71. The number of rotatable bonds is 8.